The number of nitrogens with zero attached hydrogens (tertiary/aromatic N) is 1. The second-order valence-corrected chi connectivity index (χ2v) is 5.61. The van der Waals surface area contributed by atoms with Crippen molar-refractivity contribution in [3.8, 4) is 0 Å². The molecule has 6 nitrogen and oxygen atoms in total. The number of hydrogen-bond donors (Lipinski definition) is 1. The second-order valence-electron chi connectivity index (χ2n) is 3.42. The first-order valence-corrected chi connectivity index (χ1v) is 6.51. The highest BCUT2D eigenvalue weighted by Gasteiger charge is 2.17. The first-order chi connectivity index (χ1) is 7.85. The third-order valence-corrected chi connectivity index (χ3v) is 3.66. The summed E-state index contributed by atoms with van der Waals surface area (Å²) < 4.78 is 36.0. The number of rotatable bonds is 5. The molecule has 0 saturated heterocycles. The number of nitrogens with two attached hydrogens (primary N) is 1. The Kier molecular flexibility index (Phi) is 4.13. The van der Waals surface area contributed by atoms with Gasteiger partial charge in [-0.3, -0.25) is 10.1 Å². The third-order valence-electron chi connectivity index (χ3n) is 2.02. The van der Waals surface area contributed by atoms with Crippen LogP contribution in [0.5, 0.6) is 0 Å². The third kappa shape index (κ3) is 3.75. The van der Waals surface area contributed by atoms with Gasteiger partial charge in [0.2, 0.25) is 5.82 Å². The van der Waals surface area contributed by atoms with Crippen molar-refractivity contribution in [2.75, 3.05) is 12.3 Å². The van der Waals surface area contributed by atoms with Crippen LogP contribution in [0.25, 0.3) is 0 Å². The molecule has 0 unspecified atom stereocenters. The molecule has 0 amide bonds. The van der Waals surface area contributed by atoms with E-state index in [4.69, 9.17) is 5.73 Å². The number of nitro benzene ring substituents is 1. The SMILES string of the molecule is NCCS(=O)(=O)Cc1ccc([N+](=O)[O-])c(F)c1. The lowest BCUT2D eigenvalue weighted by Crippen LogP contribution is -2.17. The molecule has 2 N–H and O–H groups in total. The zero-order valence-corrected chi connectivity index (χ0v) is 9.61. The first-order valence-electron chi connectivity index (χ1n) is 4.69. The van der Waals surface area contributed by atoms with Crippen LogP contribution >= 0.6 is 0 Å². The zero-order valence-electron chi connectivity index (χ0n) is 8.80. The highest BCUT2D eigenvalue weighted by molar-refractivity contribution is 7.90. The molecule has 17 heavy (non-hydrogen) atoms. The van der Waals surface area contributed by atoms with Crippen molar-refractivity contribution in [3.63, 3.8) is 0 Å². The van der Waals surface area contributed by atoms with E-state index in [-0.39, 0.29) is 23.6 Å². The van der Waals surface area contributed by atoms with Gasteiger partial charge >= 0.3 is 5.69 Å². The van der Waals surface area contributed by atoms with Gasteiger partial charge in [-0.25, -0.2) is 8.42 Å². The number of halogens is 1. The Morgan fingerprint density at radius 3 is 2.53 bits per heavy atom. The Morgan fingerprint density at radius 2 is 2.06 bits per heavy atom. The summed E-state index contributed by atoms with van der Waals surface area (Å²) in [5.74, 6) is -1.62. The van der Waals surface area contributed by atoms with E-state index in [2.05, 4.69) is 0 Å². The highest BCUT2D eigenvalue weighted by Crippen LogP contribution is 2.19. The molecule has 1 aromatic carbocycles. The standard InChI is InChI=1S/C9H11FN2O4S/c10-8-5-7(1-2-9(8)12(13)14)6-17(15,16)4-3-11/h1-2,5H,3-4,6,11H2. The van der Waals surface area contributed by atoms with Crippen LogP contribution in [-0.2, 0) is 15.6 Å². The molecular formula is C9H11FN2O4S. The van der Waals surface area contributed by atoms with Gasteiger partial charge in [0.1, 0.15) is 0 Å². The number of nitro groups is 1. The predicted molar refractivity (Wildman–Crippen MR) is 59.6 cm³/mol. The molecule has 1 rings (SSSR count). The molecular weight excluding hydrogens is 251 g/mol. The smallest absolute Gasteiger partial charge is 0.304 e. The van der Waals surface area contributed by atoms with Crippen LogP contribution in [0.1, 0.15) is 5.56 Å². The number of hydrogen-bond acceptors (Lipinski definition) is 5. The average molecular weight is 262 g/mol. The monoisotopic (exact) mass is 262 g/mol. The summed E-state index contributed by atoms with van der Waals surface area (Å²) in [4.78, 5) is 9.48. The summed E-state index contributed by atoms with van der Waals surface area (Å²) in [5, 5.41) is 10.4. The van der Waals surface area contributed by atoms with Gasteiger partial charge in [0.25, 0.3) is 0 Å². The van der Waals surface area contributed by atoms with Gasteiger partial charge in [-0.05, 0) is 11.6 Å². The van der Waals surface area contributed by atoms with Gasteiger partial charge in [0.15, 0.2) is 9.84 Å². The van der Waals surface area contributed by atoms with E-state index in [0.29, 0.717) is 0 Å². The van der Waals surface area contributed by atoms with E-state index < -0.39 is 26.3 Å². The highest BCUT2D eigenvalue weighted by atomic mass is 32.2. The minimum absolute atomic E-state index is 0.0161. The lowest BCUT2D eigenvalue weighted by Gasteiger charge is -2.03. The summed E-state index contributed by atoms with van der Waals surface area (Å²) in [6, 6.07) is 3.02. The van der Waals surface area contributed by atoms with Crippen molar-refractivity contribution in [2.45, 2.75) is 5.75 Å². The van der Waals surface area contributed by atoms with E-state index in [0.717, 1.165) is 12.1 Å². The minimum Gasteiger partial charge on any atom is -0.329 e. The van der Waals surface area contributed by atoms with Crippen LogP contribution in [0.4, 0.5) is 10.1 Å². The molecule has 0 heterocycles. The molecule has 0 atom stereocenters. The van der Waals surface area contributed by atoms with Gasteiger partial charge in [-0.2, -0.15) is 4.39 Å². The van der Waals surface area contributed by atoms with Gasteiger partial charge in [0.05, 0.1) is 16.4 Å². The minimum atomic E-state index is -3.40. The summed E-state index contributed by atoms with van der Waals surface area (Å²) in [5.41, 5.74) is 4.61. The summed E-state index contributed by atoms with van der Waals surface area (Å²) in [7, 11) is -3.40. The topological polar surface area (TPSA) is 103 Å². The predicted octanol–water partition coefficient (Wildman–Crippen LogP) is 0.607. The maximum atomic E-state index is 13.2. The molecule has 0 aromatic heterocycles. The van der Waals surface area contributed by atoms with Crippen molar-refractivity contribution in [1.82, 2.24) is 0 Å². The lowest BCUT2D eigenvalue weighted by molar-refractivity contribution is -0.387. The molecule has 0 aliphatic carbocycles. The summed E-state index contributed by atoms with van der Waals surface area (Å²) in [6.45, 7) is -0.0161. The number of sulfone groups is 1. The van der Waals surface area contributed by atoms with Gasteiger partial charge < -0.3 is 5.73 Å². The van der Waals surface area contributed by atoms with Crippen LogP contribution < -0.4 is 5.73 Å². The lowest BCUT2D eigenvalue weighted by atomic mass is 10.2. The van der Waals surface area contributed by atoms with Crippen molar-refractivity contribution < 1.29 is 17.7 Å². The zero-order chi connectivity index (χ0) is 13.1. The van der Waals surface area contributed by atoms with Crippen LogP contribution in [0, 0.1) is 15.9 Å². The van der Waals surface area contributed by atoms with E-state index in [1.165, 1.54) is 6.07 Å². The molecule has 0 fully saturated rings. The van der Waals surface area contributed by atoms with Crippen LogP contribution in [0.15, 0.2) is 18.2 Å². The van der Waals surface area contributed by atoms with Crippen LogP contribution in [-0.4, -0.2) is 25.6 Å². The largest absolute Gasteiger partial charge is 0.329 e. The molecule has 0 bridgehead atoms. The fourth-order valence-corrected chi connectivity index (χ4v) is 2.48. The van der Waals surface area contributed by atoms with Crippen molar-refractivity contribution in [3.05, 3.63) is 39.7 Å². The van der Waals surface area contributed by atoms with Crippen molar-refractivity contribution >= 4 is 15.5 Å². The Balaban J connectivity index is 2.96. The van der Waals surface area contributed by atoms with Crippen molar-refractivity contribution in [2.24, 2.45) is 5.73 Å². The molecule has 0 spiro atoms. The van der Waals surface area contributed by atoms with E-state index in [9.17, 15) is 22.9 Å². The fraction of sp³-hybridized carbons (Fsp3) is 0.333. The second kappa shape index (κ2) is 5.19. The summed E-state index contributed by atoms with van der Waals surface area (Å²) >= 11 is 0. The Hall–Kier alpha value is -1.54. The van der Waals surface area contributed by atoms with E-state index in [1.54, 1.807) is 0 Å². The molecule has 8 heteroatoms. The Labute approximate surface area is 97.3 Å². The van der Waals surface area contributed by atoms with Crippen LogP contribution in [0.3, 0.4) is 0 Å². The quantitative estimate of drug-likeness (QED) is 0.618. The number of benzene rings is 1. The maximum absolute atomic E-state index is 13.2. The molecule has 0 radical (unpaired) electrons. The maximum Gasteiger partial charge on any atom is 0.304 e. The molecule has 0 aliphatic heterocycles. The molecule has 94 valence electrons. The Bertz CT molecular complexity index is 530. The van der Waals surface area contributed by atoms with Gasteiger partial charge in [-0.15, -0.1) is 0 Å². The average Bonchev–Trinajstić information content (AvgIpc) is 2.15. The molecule has 1 aromatic rings. The fourth-order valence-electron chi connectivity index (χ4n) is 1.29. The van der Waals surface area contributed by atoms with Crippen LogP contribution in [0.2, 0.25) is 0 Å². The van der Waals surface area contributed by atoms with Crippen molar-refractivity contribution in [1.29, 1.82) is 0 Å². The summed E-state index contributed by atoms with van der Waals surface area (Å²) in [6.07, 6.45) is 0. The van der Waals surface area contributed by atoms with E-state index in [1.807, 2.05) is 0 Å². The normalized spacial score (nSPS) is 11.4. The van der Waals surface area contributed by atoms with E-state index >= 15 is 0 Å². The Morgan fingerprint density at radius 1 is 1.41 bits per heavy atom. The molecule has 0 aliphatic rings. The first kappa shape index (κ1) is 13.5. The van der Waals surface area contributed by atoms with Gasteiger partial charge in [-0.1, -0.05) is 6.07 Å². The van der Waals surface area contributed by atoms with Gasteiger partial charge in [0, 0.05) is 12.6 Å². The molecule has 0 saturated carbocycles.